The Balaban J connectivity index is 2.16. The van der Waals surface area contributed by atoms with E-state index in [1.807, 2.05) is 6.92 Å². The molecule has 0 aliphatic rings. The van der Waals surface area contributed by atoms with E-state index >= 15 is 0 Å². The molecule has 0 fully saturated rings. The van der Waals surface area contributed by atoms with E-state index in [2.05, 4.69) is 25.9 Å². The second kappa shape index (κ2) is 5.52. The SMILES string of the molecule is CCc1nnc(NC(=O)c2ccncc2NN)s1. The molecule has 0 saturated heterocycles. The van der Waals surface area contributed by atoms with E-state index in [0.717, 1.165) is 11.4 Å². The van der Waals surface area contributed by atoms with Gasteiger partial charge < -0.3 is 5.43 Å². The molecule has 8 heteroatoms. The molecule has 18 heavy (non-hydrogen) atoms. The van der Waals surface area contributed by atoms with Crippen molar-refractivity contribution in [1.82, 2.24) is 15.2 Å². The average Bonchev–Trinajstić information content (AvgIpc) is 2.86. The Kier molecular flexibility index (Phi) is 3.80. The Bertz CT molecular complexity index is 555. The number of nitrogens with zero attached hydrogens (tertiary/aromatic N) is 3. The summed E-state index contributed by atoms with van der Waals surface area (Å²) in [4.78, 5) is 15.9. The van der Waals surface area contributed by atoms with E-state index in [0.29, 0.717) is 16.4 Å². The van der Waals surface area contributed by atoms with Crippen molar-refractivity contribution in [3.63, 3.8) is 0 Å². The maximum absolute atomic E-state index is 12.0. The van der Waals surface area contributed by atoms with Crippen LogP contribution in [0.3, 0.4) is 0 Å². The molecule has 0 bridgehead atoms. The molecule has 2 heterocycles. The average molecular weight is 264 g/mol. The third-order valence-corrected chi connectivity index (χ3v) is 3.19. The standard InChI is InChI=1S/C10H12N6OS/c1-2-8-15-16-10(18-8)13-9(17)6-3-4-12-5-7(6)14-11/h3-5,14H,2,11H2,1H3,(H,13,16,17). The van der Waals surface area contributed by atoms with Gasteiger partial charge in [-0.1, -0.05) is 18.3 Å². The lowest BCUT2D eigenvalue weighted by atomic mass is 10.2. The molecule has 0 spiro atoms. The van der Waals surface area contributed by atoms with Gasteiger partial charge in [-0.15, -0.1) is 10.2 Å². The Morgan fingerprint density at radius 1 is 1.50 bits per heavy atom. The summed E-state index contributed by atoms with van der Waals surface area (Å²) in [6, 6.07) is 1.58. The van der Waals surface area contributed by atoms with Crippen LogP contribution in [-0.4, -0.2) is 21.1 Å². The van der Waals surface area contributed by atoms with Gasteiger partial charge in [0.2, 0.25) is 5.13 Å². The molecule has 0 radical (unpaired) electrons. The van der Waals surface area contributed by atoms with E-state index < -0.39 is 0 Å². The highest BCUT2D eigenvalue weighted by Gasteiger charge is 2.13. The van der Waals surface area contributed by atoms with Crippen molar-refractivity contribution < 1.29 is 4.79 Å². The van der Waals surface area contributed by atoms with Gasteiger partial charge in [-0.3, -0.25) is 20.9 Å². The molecular formula is C10H12N6OS. The highest BCUT2D eigenvalue weighted by atomic mass is 32.1. The van der Waals surface area contributed by atoms with E-state index in [1.165, 1.54) is 23.7 Å². The molecule has 0 atom stereocenters. The molecule has 0 aliphatic heterocycles. The number of aromatic nitrogens is 3. The van der Waals surface area contributed by atoms with E-state index in [1.54, 1.807) is 6.07 Å². The molecule has 0 saturated carbocycles. The lowest BCUT2D eigenvalue weighted by Crippen LogP contribution is -2.17. The van der Waals surface area contributed by atoms with Gasteiger partial charge in [0, 0.05) is 6.20 Å². The first kappa shape index (κ1) is 12.4. The lowest BCUT2D eigenvalue weighted by molar-refractivity contribution is 0.102. The summed E-state index contributed by atoms with van der Waals surface area (Å²) in [5.41, 5.74) is 3.28. The number of pyridine rings is 1. The fourth-order valence-electron chi connectivity index (χ4n) is 1.32. The van der Waals surface area contributed by atoms with Crippen molar-refractivity contribution in [3.8, 4) is 0 Å². The number of nitrogens with two attached hydrogens (primary N) is 1. The number of amides is 1. The Labute approximate surface area is 107 Å². The molecule has 0 aromatic carbocycles. The lowest BCUT2D eigenvalue weighted by Gasteiger charge is -2.06. The molecule has 0 unspecified atom stereocenters. The van der Waals surface area contributed by atoms with Gasteiger partial charge in [-0.05, 0) is 12.5 Å². The van der Waals surface area contributed by atoms with Crippen molar-refractivity contribution in [2.24, 2.45) is 5.84 Å². The van der Waals surface area contributed by atoms with Gasteiger partial charge in [0.1, 0.15) is 5.01 Å². The summed E-state index contributed by atoms with van der Waals surface area (Å²) in [5.74, 6) is 5.01. The van der Waals surface area contributed by atoms with Crippen LogP contribution in [0.25, 0.3) is 0 Å². The number of hydrogen-bond acceptors (Lipinski definition) is 7. The van der Waals surface area contributed by atoms with Crippen LogP contribution in [0.2, 0.25) is 0 Å². The highest BCUT2D eigenvalue weighted by Crippen LogP contribution is 2.18. The first-order valence-electron chi connectivity index (χ1n) is 5.29. The van der Waals surface area contributed by atoms with Crippen LogP contribution in [0, 0.1) is 0 Å². The fraction of sp³-hybridized carbons (Fsp3) is 0.200. The number of rotatable bonds is 4. The van der Waals surface area contributed by atoms with Gasteiger partial charge in [-0.2, -0.15) is 0 Å². The first-order valence-corrected chi connectivity index (χ1v) is 6.10. The normalized spacial score (nSPS) is 10.1. The number of nitrogen functional groups attached to an aromatic ring is 1. The minimum absolute atomic E-state index is 0.302. The van der Waals surface area contributed by atoms with Crippen molar-refractivity contribution >= 4 is 28.1 Å². The summed E-state index contributed by atoms with van der Waals surface area (Å²) < 4.78 is 0. The zero-order valence-electron chi connectivity index (χ0n) is 9.67. The van der Waals surface area contributed by atoms with Crippen LogP contribution >= 0.6 is 11.3 Å². The summed E-state index contributed by atoms with van der Waals surface area (Å²) in [6.45, 7) is 1.98. The number of carbonyl (C=O) groups is 1. The van der Waals surface area contributed by atoms with Crippen LogP contribution in [0.4, 0.5) is 10.8 Å². The monoisotopic (exact) mass is 264 g/mol. The van der Waals surface area contributed by atoms with Gasteiger partial charge in [-0.25, -0.2) is 0 Å². The molecule has 2 aromatic heterocycles. The van der Waals surface area contributed by atoms with Crippen LogP contribution in [-0.2, 0) is 6.42 Å². The molecule has 2 aromatic rings. The summed E-state index contributed by atoms with van der Waals surface area (Å²) >= 11 is 1.35. The molecule has 1 amide bonds. The molecule has 94 valence electrons. The van der Waals surface area contributed by atoms with Crippen LogP contribution in [0.1, 0.15) is 22.3 Å². The number of hydrogen-bond donors (Lipinski definition) is 3. The molecule has 7 nitrogen and oxygen atoms in total. The van der Waals surface area contributed by atoms with Crippen molar-refractivity contribution in [2.75, 3.05) is 10.7 Å². The van der Waals surface area contributed by atoms with E-state index in [4.69, 9.17) is 5.84 Å². The van der Waals surface area contributed by atoms with E-state index in [9.17, 15) is 4.79 Å². The second-order valence-corrected chi connectivity index (χ2v) is 4.44. The van der Waals surface area contributed by atoms with Crippen LogP contribution in [0.5, 0.6) is 0 Å². The molecular weight excluding hydrogens is 252 g/mol. The van der Waals surface area contributed by atoms with Crippen LogP contribution in [0.15, 0.2) is 18.5 Å². The topological polar surface area (TPSA) is 106 Å². The van der Waals surface area contributed by atoms with Gasteiger partial charge >= 0.3 is 0 Å². The zero-order chi connectivity index (χ0) is 13.0. The smallest absolute Gasteiger partial charge is 0.259 e. The predicted molar refractivity (Wildman–Crippen MR) is 69.3 cm³/mol. The summed E-state index contributed by atoms with van der Waals surface area (Å²) in [5, 5.41) is 11.8. The predicted octanol–water partition coefficient (Wildman–Crippen LogP) is 1.03. The Morgan fingerprint density at radius 2 is 2.33 bits per heavy atom. The third-order valence-electron chi connectivity index (χ3n) is 2.21. The van der Waals surface area contributed by atoms with Gasteiger partial charge in [0.15, 0.2) is 0 Å². The number of nitrogens with one attached hydrogen (secondary N) is 2. The maximum atomic E-state index is 12.0. The summed E-state index contributed by atoms with van der Waals surface area (Å²) in [6.07, 6.45) is 3.79. The minimum atomic E-state index is -0.302. The first-order chi connectivity index (χ1) is 8.74. The number of aryl methyl sites for hydroxylation is 1. The van der Waals surface area contributed by atoms with Crippen LogP contribution < -0.4 is 16.6 Å². The third kappa shape index (κ3) is 2.60. The molecule has 4 N–H and O–H groups in total. The van der Waals surface area contributed by atoms with Gasteiger partial charge in [0.05, 0.1) is 17.4 Å². The summed E-state index contributed by atoms with van der Waals surface area (Å²) in [7, 11) is 0. The number of hydrazine groups is 1. The quantitative estimate of drug-likeness (QED) is 0.562. The fourth-order valence-corrected chi connectivity index (χ4v) is 1.99. The van der Waals surface area contributed by atoms with Crippen molar-refractivity contribution in [1.29, 1.82) is 0 Å². The minimum Gasteiger partial charge on any atom is -0.322 e. The number of carbonyl (C=O) groups excluding carboxylic acids is 1. The maximum Gasteiger partial charge on any atom is 0.259 e. The van der Waals surface area contributed by atoms with E-state index in [-0.39, 0.29) is 5.91 Å². The second-order valence-electron chi connectivity index (χ2n) is 3.37. The Morgan fingerprint density at radius 3 is 3.00 bits per heavy atom. The Hall–Kier alpha value is -2.06. The number of anilines is 2. The van der Waals surface area contributed by atoms with Crippen molar-refractivity contribution in [3.05, 3.63) is 29.0 Å². The van der Waals surface area contributed by atoms with Crippen molar-refractivity contribution in [2.45, 2.75) is 13.3 Å². The molecule has 0 aliphatic carbocycles. The largest absolute Gasteiger partial charge is 0.322 e. The molecule has 2 rings (SSSR count). The highest BCUT2D eigenvalue weighted by molar-refractivity contribution is 7.15. The van der Waals surface area contributed by atoms with Gasteiger partial charge in [0.25, 0.3) is 5.91 Å². The zero-order valence-corrected chi connectivity index (χ0v) is 10.5.